The third-order valence-electron chi connectivity index (χ3n) is 4.22. The van der Waals surface area contributed by atoms with Crippen LogP contribution in [0.1, 0.15) is 32.6 Å². The Labute approximate surface area is 74.2 Å². The number of rotatable bonds is 1. The molecule has 2 atom stereocenters. The van der Waals surface area contributed by atoms with E-state index in [4.69, 9.17) is 0 Å². The molecule has 3 fully saturated rings. The van der Waals surface area contributed by atoms with E-state index in [0.717, 1.165) is 23.3 Å². The normalized spacial score (nSPS) is 55.2. The van der Waals surface area contributed by atoms with E-state index in [1.54, 1.807) is 0 Å². The highest BCUT2D eigenvalue weighted by molar-refractivity contribution is 5.15. The molecule has 1 aliphatic heterocycles. The second kappa shape index (κ2) is 2.07. The van der Waals surface area contributed by atoms with E-state index in [2.05, 4.69) is 24.5 Å². The van der Waals surface area contributed by atoms with Gasteiger partial charge in [-0.15, -0.1) is 0 Å². The van der Waals surface area contributed by atoms with Crippen LogP contribution in [0, 0.1) is 17.3 Å². The fraction of sp³-hybridized carbons (Fsp3) is 0.818. The Morgan fingerprint density at radius 1 is 1.33 bits per heavy atom. The lowest BCUT2D eigenvalue weighted by Gasteiger charge is -2.66. The standard InChI is InChI=1S/C11H17N/c1-8-3-2-4-12-10(8)11-5-9(6-11)7-11/h2,4,8-10,12H,3,5-7H2,1H3/t8-,9?,10-,11?/m1/s1. The van der Waals surface area contributed by atoms with Crippen LogP contribution in [0.2, 0.25) is 0 Å². The molecule has 3 saturated carbocycles. The maximum absolute atomic E-state index is 3.57. The zero-order valence-electron chi connectivity index (χ0n) is 7.72. The van der Waals surface area contributed by atoms with Crippen molar-refractivity contribution in [1.29, 1.82) is 0 Å². The van der Waals surface area contributed by atoms with Crippen molar-refractivity contribution in [2.24, 2.45) is 17.3 Å². The summed E-state index contributed by atoms with van der Waals surface area (Å²) in [6, 6.07) is 0.799. The van der Waals surface area contributed by atoms with Gasteiger partial charge in [-0.2, -0.15) is 0 Å². The van der Waals surface area contributed by atoms with Crippen molar-refractivity contribution >= 4 is 0 Å². The molecule has 0 amide bonds. The predicted octanol–water partition coefficient (Wildman–Crippen LogP) is 2.30. The number of hydrogen-bond acceptors (Lipinski definition) is 1. The second-order valence-corrected chi connectivity index (χ2v) is 5.10. The Balaban J connectivity index is 1.78. The van der Waals surface area contributed by atoms with Crippen molar-refractivity contribution in [2.45, 2.75) is 38.6 Å². The molecule has 0 aromatic carbocycles. The van der Waals surface area contributed by atoms with E-state index in [-0.39, 0.29) is 0 Å². The number of hydrogen-bond donors (Lipinski definition) is 1. The Kier molecular flexibility index (Phi) is 1.20. The molecule has 4 rings (SSSR count). The molecule has 4 aliphatic rings. The quantitative estimate of drug-likeness (QED) is 0.625. The summed E-state index contributed by atoms with van der Waals surface area (Å²) >= 11 is 0. The highest BCUT2D eigenvalue weighted by Crippen LogP contribution is 2.67. The van der Waals surface area contributed by atoms with Crippen LogP contribution in [0.5, 0.6) is 0 Å². The van der Waals surface area contributed by atoms with Crippen molar-refractivity contribution in [3.05, 3.63) is 12.3 Å². The summed E-state index contributed by atoms with van der Waals surface area (Å²) in [4.78, 5) is 0. The van der Waals surface area contributed by atoms with E-state index < -0.39 is 0 Å². The minimum atomic E-state index is 0.745. The SMILES string of the molecule is C[C@@H]1CC=CN[C@H]1C12CC(C1)C2. The molecule has 1 heterocycles. The van der Waals surface area contributed by atoms with Crippen LogP contribution in [-0.4, -0.2) is 6.04 Å². The summed E-state index contributed by atoms with van der Waals surface area (Å²) in [6.07, 6.45) is 10.3. The minimum Gasteiger partial charge on any atom is -0.388 e. The van der Waals surface area contributed by atoms with Crippen LogP contribution in [0.4, 0.5) is 0 Å². The monoisotopic (exact) mass is 163 g/mol. The van der Waals surface area contributed by atoms with Gasteiger partial charge in [-0.05, 0) is 49.1 Å². The molecule has 2 bridgehead atoms. The second-order valence-electron chi connectivity index (χ2n) is 5.10. The van der Waals surface area contributed by atoms with Crippen LogP contribution >= 0.6 is 0 Å². The molecule has 0 aromatic rings. The highest BCUT2D eigenvalue weighted by atomic mass is 15.0. The van der Waals surface area contributed by atoms with Gasteiger partial charge in [0.2, 0.25) is 0 Å². The van der Waals surface area contributed by atoms with Gasteiger partial charge in [0.05, 0.1) is 0 Å². The summed E-state index contributed by atoms with van der Waals surface area (Å²) in [5.41, 5.74) is 0.745. The van der Waals surface area contributed by atoms with E-state index in [9.17, 15) is 0 Å². The van der Waals surface area contributed by atoms with Gasteiger partial charge < -0.3 is 5.32 Å². The zero-order valence-corrected chi connectivity index (χ0v) is 7.72. The molecule has 12 heavy (non-hydrogen) atoms. The Bertz CT molecular complexity index is 214. The van der Waals surface area contributed by atoms with Gasteiger partial charge in [0, 0.05) is 6.04 Å². The van der Waals surface area contributed by atoms with Gasteiger partial charge >= 0.3 is 0 Å². The summed E-state index contributed by atoms with van der Waals surface area (Å²) in [7, 11) is 0. The molecule has 66 valence electrons. The Hall–Kier alpha value is -0.460. The third-order valence-corrected chi connectivity index (χ3v) is 4.22. The molecule has 0 unspecified atom stereocenters. The summed E-state index contributed by atoms with van der Waals surface area (Å²) in [5.74, 6) is 1.97. The lowest BCUT2D eigenvalue weighted by Crippen LogP contribution is -2.64. The maximum atomic E-state index is 3.57. The first kappa shape index (κ1) is 6.99. The minimum absolute atomic E-state index is 0.745. The van der Waals surface area contributed by atoms with Gasteiger partial charge in [0.15, 0.2) is 0 Å². The summed E-state index contributed by atoms with van der Waals surface area (Å²) < 4.78 is 0. The molecule has 0 aromatic heterocycles. The maximum Gasteiger partial charge on any atom is 0.0340 e. The molecule has 1 nitrogen and oxygen atoms in total. The van der Waals surface area contributed by atoms with Crippen LogP contribution in [0.3, 0.4) is 0 Å². The van der Waals surface area contributed by atoms with Gasteiger partial charge in [0.25, 0.3) is 0 Å². The van der Waals surface area contributed by atoms with Gasteiger partial charge in [0.1, 0.15) is 0 Å². The average molecular weight is 163 g/mol. The first-order chi connectivity index (χ1) is 5.80. The highest BCUT2D eigenvalue weighted by Gasteiger charge is 2.61. The zero-order chi connectivity index (χ0) is 8.18. The Morgan fingerprint density at radius 3 is 2.58 bits per heavy atom. The number of allylic oxidation sites excluding steroid dienone is 1. The van der Waals surface area contributed by atoms with Crippen molar-refractivity contribution in [1.82, 2.24) is 5.32 Å². The average Bonchev–Trinajstić information content (AvgIpc) is 1.87. The fourth-order valence-corrected chi connectivity index (χ4v) is 3.46. The smallest absolute Gasteiger partial charge is 0.0340 e. The third kappa shape index (κ3) is 0.699. The predicted molar refractivity (Wildman–Crippen MR) is 49.6 cm³/mol. The molecule has 1 N–H and O–H groups in total. The van der Waals surface area contributed by atoms with Crippen molar-refractivity contribution in [3.8, 4) is 0 Å². The van der Waals surface area contributed by atoms with Crippen LogP contribution < -0.4 is 5.32 Å². The van der Waals surface area contributed by atoms with Gasteiger partial charge in [-0.25, -0.2) is 0 Å². The first-order valence-electron chi connectivity index (χ1n) is 5.21. The largest absolute Gasteiger partial charge is 0.388 e. The van der Waals surface area contributed by atoms with E-state index in [1.807, 2.05) is 0 Å². The van der Waals surface area contributed by atoms with Crippen molar-refractivity contribution in [3.63, 3.8) is 0 Å². The molecular weight excluding hydrogens is 146 g/mol. The fourth-order valence-electron chi connectivity index (χ4n) is 3.46. The summed E-state index contributed by atoms with van der Waals surface area (Å²) in [6.45, 7) is 2.39. The lowest BCUT2D eigenvalue weighted by atomic mass is 9.40. The summed E-state index contributed by atoms with van der Waals surface area (Å²) in [5, 5.41) is 3.57. The van der Waals surface area contributed by atoms with E-state index in [0.29, 0.717) is 0 Å². The number of nitrogens with one attached hydrogen (secondary N) is 1. The topological polar surface area (TPSA) is 12.0 Å². The van der Waals surface area contributed by atoms with E-state index >= 15 is 0 Å². The molecule has 0 radical (unpaired) electrons. The van der Waals surface area contributed by atoms with Crippen LogP contribution in [-0.2, 0) is 0 Å². The van der Waals surface area contributed by atoms with Crippen molar-refractivity contribution in [2.75, 3.05) is 0 Å². The molecule has 0 spiro atoms. The van der Waals surface area contributed by atoms with Crippen LogP contribution in [0.25, 0.3) is 0 Å². The van der Waals surface area contributed by atoms with E-state index in [1.165, 1.54) is 25.7 Å². The van der Waals surface area contributed by atoms with Crippen LogP contribution in [0.15, 0.2) is 12.3 Å². The lowest BCUT2D eigenvalue weighted by molar-refractivity contribution is -0.142. The molecule has 0 saturated heterocycles. The van der Waals surface area contributed by atoms with Crippen molar-refractivity contribution < 1.29 is 0 Å². The van der Waals surface area contributed by atoms with Gasteiger partial charge in [-0.1, -0.05) is 13.0 Å². The van der Waals surface area contributed by atoms with Gasteiger partial charge in [-0.3, -0.25) is 0 Å². The molecule has 3 aliphatic carbocycles. The molecule has 1 heteroatoms. The Morgan fingerprint density at radius 2 is 2.08 bits per heavy atom. The molecular formula is C11H17N. The first-order valence-corrected chi connectivity index (χ1v) is 5.21.